The predicted octanol–water partition coefficient (Wildman–Crippen LogP) is 2.19. The zero-order chi connectivity index (χ0) is 13.6. The van der Waals surface area contributed by atoms with Crippen LogP contribution in [0.5, 0.6) is 0 Å². The number of quaternary nitrogens is 1. The third-order valence-corrected chi connectivity index (χ3v) is 3.63. The van der Waals surface area contributed by atoms with E-state index in [1.807, 2.05) is 18.7 Å². The lowest BCUT2D eigenvalue weighted by molar-refractivity contribution is -0.670. The summed E-state index contributed by atoms with van der Waals surface area (Å²) >= 11 is 0. The van der Waals surface area contributed by atoms with Crippen LogP contribution in [0, 0.1) is 0 Å². The van der Waals surface area contributed by atoms with Gasteiger partial charge in [-0.15, -0.1) is 0 Å². The molecule has 0 aliphatic heterocycles. The summed E-state index contributed by atoms with van der Waals surface area (Å²) in [6, 6.07) is 15.2. The van der Waals surface area contributed by atoms with E-state index in [1.54, 1.807) is 0 Å². The van der Waals surface area contributed by atoms with Gasteiger partial charge in [0.15, 0.2) is 0 Å². The van der Waals surface area contributed by atoms with Crippen molar-refractivity contribution in [1.29, 1.82) is 0 Å². The maximum Gasteiger partial charge on any atom is 0.102 e. The van der Waals surface area contributed by atoms with Gasteiger partial charge in [0.25, 0.3) is 0 Å². The summed E-state index contributed by atoms with van der Waals surface area (Å²) in [6.45, 7) is 3.23. The van der Waals surface area contributed by atoms with E-state index in [1.165, 1.54) is 22.8 Å². The van der Waals surface area contributed by atoms with Crippen molar-refractivity contribution in [3.63, 3.8) is 0 Å². The van der Waals surface area contributed by atoms with Crippen LogP contribution in [0.4, 0.5) is 0 Å². The summed E-state index contributed by atoms with van der Waals surface area (Å²) in [6.07, 6.45) is 6.90. The van der Waals surface area contributed by atoms with Crippen LogP contribution in [0.1, 0.15) is 12.0 Å². The number of rotatable bonds is 6. The highest BCUT2D eigenvalue weighted by atomic mass is 15.0. The van der Waals surface area contributed by atoms with E-state index >= 15 is 0 Å². The Labute approximate surface area is 119 Å². The highest BCUT2D eigenvalue weighted by Gasteiger charge is 2.01. The first kappa shape index (κ1) is 12.9. The van der Waals surface area contributed by atoms with Gasteiger partial charge in [0.05, 0.1) is 12.9 Å². The smallest absolute Gasteiger partial charge is 0.102 e. The SMILES string of the molecule is c1ccc2c(C[NH2+]CCCn3ccnc3)cccc2c1. The molecule has 0 bridgehead atoms. The second kappa shape index (κ2) is 6.35. The molecule has 0 unspecified atom stereocenters. The number of benzene rings is 2. The first-order valence-corrected chi connectivity index (χ1v) is 7.17. The number of imidazole rings is 1. The molecule has 2 N–H and O–H groups in total. The minimum atomic E-state index is 1.05. The summed E-state index contributed by atoms with van der Waals surface area (Å²) in [5.74, 6) is 0. The van der Waals surface area contributed by atoms with Crippen LogP contribution in [0.15, 0.2) is 61.2 Å². The highest BCUT2D eigenvalue weighted by molar-refractivity contribution is 5.85. The standard InChI is InChI=1S/C17H19N3/c1-2-8-17-15(5-1)6-3-7-16(17)13-18-9-4-11-20-12-10-19-14-20/h1-3,5-8,10,12,14,18H,4,9,11,13H2/p+1. The number of aromatic nitrogens is 2. The first-order valence-electron chi connectivity index (χ1n) is 7.17. The maximum atomic E-state index is 4.06. The monoisotopic (exact) mass is 266 g/mol. The molecule has 1 heterocycles. The topological polar surface area (TPSA) is 34.4 Å². The van der Waals surface area contributed by atoms with E-state index < -0.39 is 0 Å². The molecule has 102 valence electrons. The number of nitrogens with two attached hydrogens (primary N) is 1. The number of nitrogens with zero attached hydrogens (tertiary/aromatic N) is 2. The van der Waals surface area contributed by atoms with E-state index in [9.17, 15) is 0 Å². The van der Waals surface area contributed by atoms with Gasteiger partial charge in [0, 0.05) is 30.9 Å². The first-order chi connectivity index (χ1) is 9.93. The van der Waals surface area contributed by atoms with Crippen molar-refractivity contribution >= 4 is 10.8 Å². The van der Waals surface area contributed by atoms with Crippen LogP contribution < -0.4 is 5.32 Å². The van der Waals surface area contributed by atoms with Crippen LogP contribution in [0.25, 0.3) is 10.8 Å². The van der Waals surface area contributed by atoms with Gasteiger partial charge in [-0.3, -0.25) is 0 Å². The third-order valence-electron chi connectivity index (χ3n) is 3.63. The molecule has 0 radical (unpaired) electrons. The number of hydrogen-bond donors (Lipinski definition) is 1. The molecule has 0 saturated carbocycles. The molecule has 0 aliphatic carbocycles. The zero-order valence-electron chi connectivity index (χ0n) is 11.6. The molecule has 0 atom stereocenters. The Balaban J connectivity index is 1.52. The number of aryl methyl sites for hydroxylation is 1. The van der Waals surface area contributed by atoms with Gasteiger partial charge in [0.2, 0.25) is 0 Å². The van der Waals surface area contributed by atoms with Crippen molar-refractivity contribution in [2.75, 3.05) is 6.54 Å². The minimum absolute atomic E-state index is 1.05. The van der Waals surface area contributed by atoms with Gasteiger partial charge in [-0.25, -0.2) is 4.98 Å². The third kappa shape index (κ3) is 3.06. The average Bonchev–Trinajstić information content (AvgIpc) is 3.00. The molecule has 0 aliphatic rings. The lowest BCUT2D eigenvalue weighted by Crippen LogP contribution is -2.82. The summed E-state index contributed by atoms with van der Waals surface area (Å²) < 4.78 is 2.13. The summed E-state index contributed by atoms with van der Waals surface area (Å²) in [4.78, 5) is 4.06. The lowest BCUT2D eigenvalue weighted by Gasteiger charge is -2.06. The van der Waals surface area contributed by atoms with Crippen molar-refractivity contribution in [1.82, 2.24) is 9.55 Å². The fourth-order valence-electron chi connectivity index (χ4n) is 2.57. The molecule has 0 saturated heterocycles. The summed E-state index contributed by atoms with van der Waals surface area (Å²) in [5.41, 5.74) is 1.42. The number of hydrogen-bond acceptors (Lipinski definition) is 1. The van der Waals surface area contributed by atoms with E-state index in [0.29, 0.717) is 0 Å². The lowest BCUT2D eigenvalue weighted by atomic mass is 10.0. The molecule has 3 aromatic rings. The Kier molecular flexibility index (Phi) is 4.09. The second-order valence-electron chi connectivity index (χ2n) is 5.07. The molecule has 3 heteroatoms. The van der Waals surface area contributed by atoms with Crippen LogP contribution in [0.3, 0.4) is 0 Å². The Morgan fingerprint density at radius 3 is 2.85 bits per heavy atom. The second-order valence-corrected chi connectivity index (χ2v) is 5.07. The molecule has 3 rings (SSSR count). The van der Waals surface area contributed by atoms with E-state index in [2.05, 4.69) is 57.3 Å². The molecule has 2 aromatic carbocycles. The fourth-order valence-corrected chi connectivity index (χ4v) is 2.57. The van der Waals surface area contributed by atoms with Gasteiger partial charge >= 0.3 is 0 Å². The Bertz CT molecular complexity index is 654. The van der Waals surface area contributed by atoms with Crippen LogP contribution >= 0.6 is 0 Å². The minimum Gasteiger partial charge on any atom is -0.342 e. The molecule has 0 amide bonds. The normalized spacial score (nSPS) is 11.0. The molecule has 0 fully saturated rings. The molecule has 3 nitrogen and oxygen atoms in total. The van der Waals surface area contributed by atoms with Crippen molar-refractivity contribution < 1.29 is 5.32 Å². The maximum absolute atomic E-state index is 4.06. The van der Waals surface area contributed by atoms with Crippen LogP contribution in [0.2, 0.25) is 0 Å². The fraction of sp³-hybridized carbons (Fsp3) is 0.235. The summed E-state index contributed by atoms with van der Waals surface area (Å²) in [5, 5.41) is 5.09. The quantitative estimate of drug-likeness (QED) is 0.682. The van der Waals surface area contributed by atoms with E-state index in [-0.39, 0.29) is 0 Å². The Morgan fingerprint density at radius 1 is 1.05 bits per heavy atom. The Hall–Kier alpha value is -2.13. The van der Waals surface area contributed by atoms with Gasteiger partial charge < -0.3 is 9.88 Å². The largest absolute Gasteiger partial charge is 0.342 e. The highest BCUT2D eigenvalue weighted by Crippen LogP contribution is 2.17. The molecular weight excluding hydrogens is 246 g/mol. The molecular formula is C17H20N3+. The molecule has 1 aromatic heterocycles. The van der Waals surface area contributed by atoms with Crippen LogP contribution in [-0.4, -0.2) is 16.1 Å². The number of fused-ring (bicyclic) bond motifs is 1. The predicted molar refractivity (Wildman–Crippen MR) is 81.3 cm³/mol. The van der Waals surface area contributed by atoms with Gasteiger partial charge in [-0.2, -0.15) is 0 Å². The average molecular weight is 266 g/mol. The molecule has 20 heavy (non-hydrogen) atoms. The van der Waals surface area contributed by atoms with Crippen molar-refractivity contribution in [3.05, 3.63) is 66.7 Å². The Morgan fingerprint density at radius 2 is 1.95 bits per heavy atom. The van der Waals surface area contributed by atoms with Crippen molar-refractivity contribution in [3.8, 4) is 0 Å². The van der Waals surface area contributed by atoms with Gasteiger partial charge in [-0.05, 0) is 10.8 Å². The van der Waals surface area contributed by atoms with Gasteiger partial charge in [-0.1, -0.05) is 42.5 Å². The summed E-state index contributed by atoms with van der Waals surface area (Å²) in [7, 11) is 0. The zero-order valence-corrected chi connectivity index (χ0v) is 11.6. The molecule has 0 spiro atoms. The van der Waals surface area contributed by atoms with Crippen molar-refractivity contribution in [2.24, 2.45) is 0 Å². The van der Waals surface area contributed by atoms with Crippen LogP contribution in [-0.2, 0) is 13.1 Å². The van der Waals surface area contributed by atoms with E-state index in [4.69, 9.17) is 0 Å². The van der Waals surface area contributed by atoms with Gasteiger partial charge in [0.1, 0.15) is 6.54 Å². The van der Waals surface area contributed by atoms with Crippen molar-refractivity contribution in [2.45, 2.75) is 19.5 Å². The van der Waals surface area contributed by atoms with E-state index in [0.717, 1.165) is 19.6 Å².